The van der Waals surface area contributed by atoms with Crippen molar-refractivity contribution < 1.29 is 26.3 Å². The van der Waals surface area contributed by atoms with Crippen LogP contribution >= 0.6 is 0 Å². The minimum atomic E-state index is -5.11. The lowest BCUT2D eigenvalue weighted by Crippen LogP contribution is -2.11. The van der Waals surface area contributed by atoms with Crippen molar-refractivity contribution in [2.24, 2.45) is 0 Å². The van der Waals surface area contributed by atoms with Gasteiger partial charge >= 0.3 is 12.4 Å². The predicted octanol–water partition coefficient (Wildman–Crippen LogP) is 17.3. The fourth-order valence-electron chi connectivity index (χ4n) is 9.90. The third-order valence-corrected chi connectivity index (χ3v) is 13.2. The molecule has 11 aromatic rings. The topological polar surface area (TPSA) is 90.0 Å². The minimum Gasteiger partial charge on any atom is -0.309 e. The third kappa shape index (κ3) is 7.87. The van der Waals surface area contributed by atoms with E-state index in [0.717, 1.165) is 32.8 Å². The summed E-state index contributed by atoms with van der Waals surface area (Å²) in [6.45, 7) is 15.3. The molecule has 0 saturated heterocycles. The average Bonchev–Trinajstić information content (AvgIpc) is 3.94. The summed E-state index contributed by atoms with van der Waals surface area (Å²) in [5.74, 6) is 0. The molecule has 2 aromatic heterocycles. The number of para-hydroxylation sites is 2. The molecular formula is C61H29F6N7. The molecule has 350 valence electrons. The molecule has 0 bridgehead atoms. The quantitative estimate of drug-likeness (QED) is 0.123. The standard InChI is InChI=1S/C61H29F6N7/c1-71-46-21-36(33-69)19-41(26-46)38-13-17-57-52(28-38)48-7-3-5-9-54(48)73(57)56-16-11-35(32-68)23-51(56)50-15-12-40(43-24-44(60(62,63)64)31-45(25-43)61(65,66)67)30-59(50)74-55-10-6-4-8-49(55)53-29-39(14-18-58(53)74)42-20-37(34-70)22-47(27-42)72-2/h3-31H. The Morgan fingerprint density at radius 1 is 0.365 bits per heavy atom. The van der Waals surface area contributed by atoms with Crippen LogP contribution in [0.1, 0.15) is 27.8 Å². The van der Waals surface area contributed by atoms with E-state index in [4.69, 9.17) is 13.1 Å². The van der Waals surface area contributed by atoms with Gasteiger partial charge in [0.05, 0.1) is 81.5 Å². The van der Waals surface area contributed by atoms with E-state index < -0.39 is 23.5 Å². The van der Waals surface area contributed by atoms with Crippen molar-refractivity contribution in [1.82, 2.24) is 9.13 Å². The zero-order valence-electron chi connectivity index (χ0n) is 38.1. The summed E-state index contributed by atoms with van der Waals surface area (Å²) < 4.78 is 90.4. The van der Waals surface area contributed by atoms with Crippen LogP contribution in [0, 0.1) is 47.1 Å². The summed E-state index contributed by atoms with van der Waals surface area (Å²) in [5, 5.41) is 33.2. The molecule has 0 aliphatic carbocycles. The lowest BCUT2D eigenvalue weighted by molar-refractivity contribution is -0.143. The van der Waals surface area contributed by atoms with E-state index in [-0.39, 0.29) is 28.4 Å². The van der Waals surface area contributed by atoms with E-state index in [1.54, 1.807) is 54.6 Å². The van der Waals surface area contributed by atoms with Crippen LogP contribution in [0.4, 0.5) is 37.7 Å². The molecule has 74 heavy (non-hydrogen) atoms. The van der Waals surface area contributed by atoms with Gasteiger partial charge in [-0.2, -0.15) is 42.1 Å². The minimum absolute atomic E-state index is 0.0483. The largest absolute Gasteiger partial charge is 0.416 e. The number of alkyl halides is 6. The smallest absolute Gasteiger partial charge is 0.309 e. The van der Waals surface area contributed by atoms with Crippen molar-refractivity contribution in [2.45, 2.75) is 12.4 Å². The molecule has 11 rings (SSSR count). The second-order valence-electron chi connectivity index (χ2n) is 17.5. The molecule has 0 aliphatic heterocycles. The van der Waals surface area contributed by atoms with Gasteiger partial charge in [-0.1, -0.05) is 60.7 Å². The van der Waals surface area contributed by atoms with Gasteiger partial charge in [0.15, 0.2) is 11.4 Å². The summed E-state index contributed by atoms with van der Waals surface area (Å²) in [6.07, 6.45) is -10.2. The van der Waals surface area contributed by atoms with Crippen LogP contribution in [0.25, 0.3) is 109 Å². The molecule has 0 aliphatic rings. The van der Waals surface area contributed by atoms with Crippen LogP contribution in [-0.4, -0.2) is 9.13 Å². The van der Waals surface area contributed by atoms with E-state index in [1.807, 2.05) is 94.1 Å². The van der Waals surface area contributed by atoms with Crippen molar-refractivity contribution in [3.63, 3.8) is 0 Å². The SMILES string of the molecule is [C-]#[N+]c1cc(C#N)cc(-c2ccc3c(c2)c2ccccc2n3-c2ccc(C#N)cc2-c2ccc(-c3cc(C(F)(F)F)cc(C(F)(F)F)c3)cc2-n2c3ccccc3c3cc(-c4cc(C#N)cc([N+]#[C-])c4)ccc32)c1. The van der Waals surface area contributed by atoms with Crippen LogP contribution in [0.5, 0.6) is 0 Å². The Hall–Kier alpha value is -10.4. The molecule has 2 heterocycles. The van der Waals surface area contributed by atoms with Crippen molar-refractivity contribution in [3.8, 4) is 74.1 Å². The first-order valence-electron chi connectivity index (χ1n) is 22.6. The molecule has 0 unspecified atom stereocenters. The van der Waals surface area contributed by atoms with Gasteiger partial charge in [0.25, 0.3) is 0 Å². The molecule has 7 nitrogen and oxygen atoms in total. The second kappa shape index (κ2) is 17.5. The fraction of sp³-hybridized carbons (Fsp3) is 0.0328. The molecule has 0 N–H and O–H groups in total. The van der Waals surface area contributed by atoms with Crippen molar-refractivity contribution in [1.29, 1.82) is 15.8 Å². The van der Waals surface area contributed by atoms with E-state index in [2.05, 4.69) is 27.9 Å². The highest BCUT2D eigenvalue weighted by Gasteiger charge is 2.37. The number of rotatable bonds is 6. The molecule has 13 heteroatoms. The maximum atomic E-state index is 14.4. The van der Waals surface area contributed by atoms with E-state index in [1.165, 1.54) is 18.2 Å². The lowest BCUT2D eigenvalue weighted by Gasteiger charge is -2.21. The summed E-state index contributed by atoms with van der Waals surface area (Å²) >= 11 is 0. The number of aromatic nitrogens is 2. The first-order valence-corrected chi connectivity index (χ1v) is 22.6. The third-order valence-electron chi connectivity index (χ3n) is 13.2. The van der Waals surface area contributed by atoms with E-state index in [0.29, 0.717) is 84.6 Å². The molecule has 0 fully saturated rings. The number of nitriles is 3. The maximum Gasteiger partial charge on any atom is 0.416 e. The zero-order valence-corrected chi connectivity index (χ0v) is 38.1. The Labute approximate surface area is 417 Å². The summed E-state index contributed by atoms with van der Waals surface area (Å²) in [7, 11) is 0. The average molecular weight is 974 g/mol. The highest BCUT2D eigenvalue weighted by molar-refractivity contribution is 6.13. The van der Waals surface area contributed by atoms with Crippen molar-refractivity contribution in [2.75, 3.05) is 0 Å². The number of nitrogens with zero attached hydrogens (tertiary/aromatic N) is 7. The molecule has 0 radical (unpaired) electrons. The van der Waals surface area contributed by atoms with Crippen LogP contribution in [0.15, 0.2) is 176 Å². The number of fused-ring (bicyclic) bond motifs is 6. The van der Waals surface area contributed by atoms with Gasteiger partial charge in [-0.05, 0) is 149 Å². The first kappa shape index (κ1) is 46.0. The molecule has 0 spiro atoms. The van der Waals surface area contributed by atoms with Gasteiger partial charge in [0.1, 0.15) is 0 Å². The molecule has 0 atom stereocenters. The molecule has 0 amide bonds. The van der Waals surface area contributed by atoms with Crippen molar-refractivity contribution in [3.05, 3.63) is 227 Å². The Bertz CT molecular complexity index is 4330. The number of hydrogen-bond donors (Lipinski definition) is 0. The Kier molecular flexibility index (Phi) is 10.9. The van der Waals surface area contributed by atoms with E-state index >= 15 is 0 Å². The van der Waals surface area contributed by atoms with Gasteiger partial charge in [0, 0.05) is 43.8 Å². The number of benzene rings is 9. The highest BCUT2D eigenvalue weighted by atomic mass is 19.4. The first-order chi connectivity index (χ1) is 35.7. The number of hydrogen-bond acceptors (Lipinski definition) is 3. The predicted molar refractivity (Wildman–Crippen MR) is 274 cm³/mol. The van der Waals surface area contributed by atoms with Crippen LogP contribution in [-0.2, 0) is 12.4 Å². The Balaban J connectivity index is 1.21. The normalized spacial score (nSPS) is 11.6. The van der Waals surface area contributed by atoms with Gasteiger partial charge < -0.3 is 9.13 Å². The van der Waals surface area contributed by atoms with Gasteiger partial charge in [-0.3, -0.25) is 0 Å². The lowest BCUT2D eigenvalue weighted by atomic mass is 9.93. The van der Waals surface area contributed by atoms with Gasteiger partial charge in [0.2, 0.25) is 0 Å². The van der Waals surface area contributed by atoms with Gasteiger partial charge in [-0.15, -0.1) is 0 Å². The second-order valence-corrected chi connectivity index (χ2v) is 17.5. The molecule has 0 saturated carbocycles. The Morgan fingerprint density at radius 2 is 0.811 bits per heavy atom. The Morgan fingerprint density at radius 3 is 1.30 bits per heavy atom. The fourth-order valence-corrected chi connectivity index (χ4v) is 9.90. The van der Waals surface area contributed by atoms with Crippen LogP contribution in [0.2, 0.25) is 0 Å². The van der Waals surface area contributed by atoms with Crippen LogP contribution in [0.3, 0.4) is 0 Å². The summed E-state index contributed by atoms with van der Waals surface area (Å²) in [5.41, 5.74) is 5.66. The van der Waals surface area contributed by atoms with Crippen molar-refractivity contribution >= 4 is 55.0 Å². The molecular weight excluding hydrogens is 945 g/mol. The number of halogens is 6. The maximum absolute atomic E-state index is 14.4. The summed E-state index contributed by atoms with van der Waals surface area (Å²) in [6, 6.07) is 54.2. The van der Waals surface area contributed by atoms with Crippen LogP contribution < -0.4 is 0 Å². The van der Waals surface area contributed by atoms with Gasteiger partial charge in [-0.25, -0.2) is 9.69 Å². The highest BCUT2D eigenvalue weighted by Crippen LogP contribution is 2.46. The zero-order chi connectivity index (χ0) is 51.6. The molecule has 9 aromatic carbocycles. The monoisotopic (exact) mass is 973 g/mol. The summed E-state index contributed by atoms with van der Waals surface area (Å²) in [4.78, 5) is 7.13. The van der Waals surface area contributed by atoms with E-state index in [9.17, 15) is 42.1 Å².